The van der Waals surface area contributed by atoms with Gasteiger partial charge in [0.05, 0.1) is 5.52 Å². The molecule has 0 aliphatic rings. The molecule has 2 N–H and O–H groups in total. The van der Waals surface area contributed by atoms with Gasteiger partial charge in [0, 0.05) is 18.1 Å². The summed E-state index contributed by atoms with van der Waals surface area (Å²) >= 11 is 0. The third-order valence-electron chi connectivity index (χ3n) is 3.81. The number of carbonyl (C=O) groups is 2. The van der Waals surface area contributed by atoms with Crippen molar-refractivity contribution in [1.29, 1.82) is 0 Å². The molecule has 28 heavy (non-hydrogen) atoms. The second-order valence-corrected chi connectivity index (χ2v) is 5.57. The highest BCUT2D eigenvalue weighted by Gasteiger charge is 2.28. The number of hydrogen-bond donors (Lipinski definition) is 2. The first-order valence-corrected chi connectivity index (χ1v) is 7.74. The average Bonchev–Trinajstić information content (AvgIpc) is 2.71. The Balaban J connectivity index is 1.75. The smallest absolute Gasteiger partial charge is 0.313 e. The van der Waals surface area contributed by atoms with Crippen LogP contribution in [0.15, 0.2) is 36.5 Å². The molecule has 0 atom stereocenters. The van der Waals surface area contributed by atoms with E-state index in [1.807, 2.05) is 0 Å². The Morgan fingerprint density at radius 2 is 1.43 bits per heavy atom. The second-order valence-electron chi connectivity index (χ2n) is 5.57. The van der Waals surface area contributed by atoms with Crippen molar-refractivity contribution in [2.75, 3.05) is 5.32 Å². The lowest BCUT2D eigenvalue weighted by Crippen LogP contribution is -2.35. The van der Waals surface area contributed by atoms with Crippen LogP contribution in [0.2, 0.25) is 0 Å². The van der Waals surface area contributed by atoms with Gasteiger partial charge in [0.1, 0.15) is 5.69 Å². The Bertz CT molecular complexity index is 1070. The molecule has 0 bridgehead atoms. The number of carbonyl (C=O) groups excluding carboxylic acids is 2. The number of hydrogen-bond acceptors (Lipinski definition) is 3. The Hall–Kier alpha value is -3.56. The standard InChI is InChI=1S/C18H10F5N3O2/c19-10-11(20)13(22)16(14(23)12(10)21)26-18(28)17(27)25-7-9-4-1-3-8-5-2-6-24-15(8)9/h1-6H,7H2,(H,25,27)(H,26,28). The van der Waals surface area contributed by atoms with Crippen LogP contribution in [0.3, 0.4) is 0 Å². The summed E-state index contributed by atoms with van der Waals surface area (Å²) < 4.78 is 66.5. The number of fused-ring (bicyclic) bond motifs is 1. The zero-order valence-corrected chi connectivity index (χ0v) is 13.8. The molecule has 0 aliphatic heterocycles. The normalized spacial score (nSPS) is 10.8. The van der Waals surface area contributed by atoms with E-state index in [-0.39, 0.29) is 6.54 Å². The maximum absolute atomic E-state index is 13.6. The molecular weight excluding hydrogens is 385 g/mol. The van der Waals surface area contributed by atoms with Gasteiger partial charge in [-0.15, -0.1) is 0 Å². The van der Waals surface area contributed by atoms with E-state index in [0.29, 0.717) is 11.1 Å². The number of amides is 2. The van der Waals surface area contributed by atoms with Gasteiger partial charge in [0.25, 0.3) is 0 Å². The molecule has 1 heterocycles. The van der Waals surface area contributed by atoms with Crippen LogP contribution in [0.5, 0.6) is 0 Å². The van der Waals surface area contributed by atoms with E-state index >= 15 is 0 Å². The van der Waals surface area contributed by atoms with E-state index in [1.54, 1.807) is 30.3 Å². The molecule has 10 heteroatoms. The fourth-order valence-electron chi connectivity index (χ4n) is 2.45. The molecule has 0 unspecified atom stereocenters. The topological polar surface area (TPSA) is 71.1 Å². The SMILES string of the molecule is O=C(NCc1cccc2cccnc12)C(=O)Nc1c(F)c(F)c(F)c(F)c1F. The van der Waals surface area contributed by atoms with Crippen molar-refractivity contribution in [3.8, 4) is 0 Å². The number of nitrogens with zero attached hydrogens (tertiary/aromatic N) is 1. The molecule has 0 spiro atoms. The maximum atomic E-state index is 13.6. The molecular formula is C18H10F5N3O2. The zero-order chi connectivity index (χ0) is 20.4. The number of para-hydroxylation sites is 1. The molecule has 0 aliphatic carbocycles. The molecule has 0 saturated heterocycles. The van der Waals surface area contributed by atoms with E-state index in [2.05, 4.69) is 10.3 Å². The number of aromatic nitrogens is 1. The summed E-state index contributed by atoms with van der Waals surface area (Å²) in [5.41, 5.74) is -0.496. The van der Waals surface area contributed by atoms with Crippen LogP contribution < -0.4 is 10.6 Å². The Kier molecular flexibility index (Phi) is 5.21. The minimum absolute atomic E-state index is 0.155. The highest BCUT2D eigenvalue weighted by molar-refractivity contribution is 6.39. The quantitative estimate of drug-likeness (QED) is 0.310. The van der Waals surface area contributed by atoms with Crippen LogP contribution in [0.4, 0.5) is 27.6 Å². The van der Waals surface area contributed by atoms with E-state index in [4.69, 9.17) is 0 Å². The number of rotatable bonds is 3. The molecule has 2 amide bonds. The van der Waals surface area contributed by atoms with Crippen LogP contribution >= 0.6 is 0 Å². The summed E-state index contributed by atoms with van der Waals surface area (Å²) in [7, 11) is 0. The molecule has 144 valence electrons. The lowest BCUT2D eigenvalue weighted by atomic mass is 10.1. The van der Waals surface area contributed by atoms with Gasteiger partial charge in [-0.2, -0.15) is 0 Å². The average molecular weight is 395 g/mol. The predicted molar refractivity (Wildman–Crippen MR) is 88.5 cm³/mol. The van der Waals surface area contributed by atoms with Crippen molar-refractivity contribution in [3.63, 3.8) is 0 Å². The van der Waals surface area contributed by atoms with Crippen molar-refractivity contribution in [2.24, 2.45) is 0 Å². The molecule has 0 radical (unpaired) electrons. The molecule has 2 aromatic carbocycles. The predicted octanol–water partition coefficient (Wildman–Crippen LogP) is 3.19. The van der Waals surface area contributed by atoms with Crippen LogP contribution in [0.25, 0.3) is 10.9 Å². The van der Waals surface area contributed by atoms with Crippen molar-refractivity contribution in [2.45, 2.75) is 6.54 Å². The zero-order valence-electron chi connectivity index (χ0n) is 13.8. The van der Waals surface area contributed by atoms with Gasteiger partial charge < -0.3 is 10.6 Å². The van der Waals surface area contributed by atoms with Gasteiger partial charge in [-0.3, -0.25) is 14.6 Å². The fraction of sp³-hybridized carbons (Fsp3) is 0.0556. The molecule has 3 aromatic rings. The first-order valence-electron chi connectivity index (χ1n) is 7.74. The highest BCUT2D eigenvalue weighted by Crippen LogP contribution is 2.27. The van der Waals surface area contributed by atoms with Gasteiger partial charge in [0.2, 0.25) is 5.82 Å². The fourth-order valence-corrected chi connectivity index (χ4v) is 2.45. The van der Waals surface area contributed by atoms with Crippen LogP contribution in [-0.2, 0) is 16.1 Å². The van der Waals surface area contributed by atoms with E-state index < -0.39 is 46.6 Å². The number of anilines is 1. The van der Waals surface area contributed by atoms with Gasteiger partial charge in [-0.25, -0.2) is 22.0 Å². The summed E-state index contributed by atoms with van der Waals surface area (Å²) in [4.78, 5) is 27.8. The van der Waals surface area contributed by atoms with Crippen LogP contribution in [0, 0.1) is 29.1 Å². The minimum atomic E-state index is -2.37. The third kappa shape index (κ3) is 3.48. The molecule has 5 nitrogen and oxygen atoms in total. The first-order chi connectivity index (χ1) is 13.3. The van der Waals surface area contributed by atoms with E-state index in [1.165, 1.54) is 11.5 Å². The van der Waals surface area contributed by atoms with Crippen LogP contribution in [-0.4, -0.2) is 16.8 Å². The Labute approximate surface area is 154 Å². The molecule has 1 aromatic heterocycles. The third-order valence-corrected chi connectivity index (χ3v) is 3.81. The van der Waals surface area contributed by atoms with Crippen molar-refractivity contribution in [3.05, 3.63) is 71.2 Å². The number of benzene rings is 2. The molecule has 0 fully saturated rings. The lowest BCUT2D eigenvalue weighted by Gasteiger charge is -2.10. The number of halogens is 5. The van der Waals surface area contributed by atoms with Crippen molar-refractivity contribution >= 4 is 28.4 Å². The summed E-state index contributed by atoms with van der Waals surface area (Å²) in [6.45, 7) is -0.155. The number of pyridine rings is 1. The van der Waals surface area contributed by atoms with E-state index in [0.717, 1.165) is 5.39 Å². The van der Waals surface area contributed by atoms with Crippen molar-refractivity contribution in [1.82, 2.24) is 10.3 Å². The van der Waals surface area contributed by atoms with Crippen LogP contribution in [0.1, 0.15) is 5.56 Å². The van der Waals surface area contributed by atoms with Gasteiger partial charge in [-0.05, 0) is 11.6 Å². The summed E-state index contributed by atoms with van der Waals surface area (Å²) in [5.74, 6) is -14.3. The summed E-state index contributed by atoms with van der Waals surface area (Å²) in [5, 5.41) is 4.37. The van der Waals surface area contributed by atoms with E-state index in [9.17, 15) is 31.5 Å². The Morgan fingerprint density at radius 3 is 2.11 bits per heavy atom. The number of nitrogens with one attached hydrogen (secondary N) is 2. The summed E-state index contributed by atoms with van der Waals surface area (Å²) in [6.07, 6.45) is 1.53. The maximum Gasteiger partial charge on any atom is 0.313 e. The molecule has 0 saturated carbocycles. The highest BCUT2D eigenvalue weighted by atomic mass is 19.2. The molecule has 3 rings (SSSR count). The summed E-state index contributed by atoms with van der Waals surface area (Å²) in [6, 6.07) is 8.60. The van der Waals surface area contributed by atoms with Gasteiger partial charge in [0.15, 0.2) is 23.3 Å². The van der Waals surface area contributed by atoms with Gasteiger partial charge in [-0.1, -0.05) is 24.3 Å². The minimum Gasteiger partial charge on any atom is -0.344 e. The largest absolute Gasteiger partial charge is 0.344 e. The van der Waals surface area contributed by atoms with Crippen molar-refractivity contribution < 1.29 is 31.5 Å². The second kappa shape index (κ2) is 7.59. The lowest BCUT2D eigenvalue weighted by molar-refractivity contribution is -0.136. The Morgan fingerprint density at radius 1 is 0.821 bits per heavy atom. The van der Waals surface area contributed by atoms with Gasteiger partial charge >= 0.3 is 11.8 Å². The first kappa shape index (κ1) is 19.2. The monoisotopic (exact) mass is 395 g/mol.